The second-order valence-corrected chi connectivity index (χ2v) is 4.80. The molecular weight excluding hydrogens is 230 g/mol. The van der Waals surface area contributed by atoms with Crippen LogP contribution < -0.4 is 11.1 Å². The second-order valence-electron chi connectivity index (χ2n) is 4.80. The summed E-state index contributed by atoms with van der Waals surface area (Å²) in [6.07, 6.45) is 4.88. The topological polar surface area (TPSA) is 77.2 Å². The van der Waals surface area contributed by atoms with Crippen molar-refractivity contribution in [1.29, 1.82) is 0 Å². The largest absolute Gasteiger partial charge is 0.444 e. The Kier molecular flexibility index (Phi) is 4.71. The molecule has 0 aliphatic carbocycles. The quantitative estimate of drug-likeness (QED) is 0.861. The number of hydrogen-bond acceptors (Lipinski definition) is 4. The smallest absolute Gasteiger partial charge is 0.407 e. The molecule has 98 valence electrons. The van der Waals surface area contributed by atoms with Crippen LogP contribution >= 0.6 is 0 Å². The summed E-state index contributed by atoms with van der Waals surface area (Å²) in [6.45, 7) is 5.86. The van der Waals surface area contributed by atoms with E-state index in [1.807, 2.05) is 39.0 Å². The average molecular weight is 249 g/mol. The van der Waals surface area contributed by atoms with Gasteiger partial charge < -0.3 is 15.8 Å². The number of carbonyl (C=O) groups is 1. The number of nitrogens with one attached hydrogen (secondary N) is 1. The van der Waals surface area contributed by atoms with Crippen LogP contribution in [0, 0.1) is 0 Å². The molecule has 1 aromatic rings. The van der Waals surface area contributed by atoms with Gasteiger partial charge in [0, 0.05) is 12.7 Å². The van der Waals surface area contributed by atoms with E-state index in [0.29, 0.717) is 12.4 Å². The lowest BCUT2D eigenvalue weighted by Gasteiger charge is -2.19. The number of pyridine rings is 1. The van der Waals surface area contributed by atoms with E-state index in [0.717, 1.165) is 5.56 Å². The Morgan fingerprint density at radius 3 is 2.89 bits per heavy atom. The highest BCUT2D eigenvalue weighted by Gasteiger charge is 2.14. The highest BCUT2D eigenvalue weighted by molar-refractivity contribution is 5.68. The number of rotatable bonds is 3. The molecule has 5 nitrogen and oxygen atoms in total. The number of amides is 1. The summed E-state index contributed by atoms with van der Waals surface area (Å²) in [6, 6.07) is 3.59. The van der Waals surface area contributed by atoms with Crippen LogP contribution in [0.2, 0.25) is 0 Å². The van der Waals surface area contributed by atoms with E-state index in [1.165, 1.54) is 0 Å². The molecule has 0 unspecified atom stereocenters. The summed E-state index contributed by atoms with van der Waals surface area (Å²) in [5.74, 6) is 0.470. The van der Waals surface area contributed by atoms with Gasteiger partial charge in [0.2, 0.25) is 0 Å². The fourth-order valence-corrected chi connectivity index (χ4v) is 1.22. The standard InChI is InChI=1S/C13H19N3O2/c1-13(2,3)18-12(17)16-7-4-5-10-6-8-15-11(14)9-10/h4-6,8-9H,7H2,1-3H3,(H2,14,15)(H,16,17). The molecule has 1 aromatic heterocycles. The van der Waals surface area contributed by atoms with Crippen molar-refractivity contribution in [3.05, 3.63) is 30.0 Å². The SMILES string of the molecule is CC(C)(C)OC(=O)NCC=Cc1ccnc(N)c1. The third kappa shape index (κ3) is 5.89. The summed E-state index contributed by atoms with van der Waals surface area (Å²) in [4.78, 5) is 15.2. The predicted molar refractivity (Wildman–Crippen MR) is 71.9 cm³/mol. The van der Waals surface area contributed by atoms with E-state index < -0.39 is 11.7 Å². The third-order valence-electron chi connectivity index (χ3n) is 1.88. The van der Waals surface area contributed by atoms with Crippen molar-refractivity contribution in [2.45, 2.75) is 26.4 Å². The summed E-state index contributed by atoms with van der Waals surface area (Å²) in [5.41, 5.74) is 6.01. The van der Waals surface area contributed by atoms with E-state index in [1.54, 1.807) is 12.3 Å². The molecule has 0 aromatic carbocycles. The molecule has 18 heavy (non-hydrogen) atoms. The van der Waals surface area contributed by atoms with Crippen molar-refractivity contribution < 1.29 is 9.53 Å². The fourth-order valence-electron chi connectivity index (χ4n) is 1.22. The van der Waals surface area contributed by atoms with E-state index in [4.69, 9.17) is 10.5 Å². The number of aromatic nitrogens is 1. The Labute approximate surface area is 107 Å². The maximum Gasteiger partial charge on any atom is 0.407 e. The van der Waals surface area contributed by atoms with Crippen LogP contribution in [0.4, 0.5) is 10.6 Å². The summed E-state index contributed by atoms with van der Waals surface area (Å²) < 4.78 is 5.10. The number of alkyl carbamates (subject to hydrolysis) is 1. The summed E-state index contributed by atoms with van der Waals surface area (Å²) in [5, 5.41) is 2.63. The lowest BCUT2D eigenvalue weighted by Crippen LogP contribution is -2.32. The molecule has 0 radical (unpaired) electrons. The van der Waals surface area contributed by atoms with Crippen molar-refractivity contribution in [2.75, 3.05) is 12.3 Å². The highest BCUT2D eigenvalue weighted by atomic mass is 16.6. The average Bonchev–Trinajstić information content (AvgIpc) is 2.22. The van der Waals surface area contributed by atoms with Gasteiger partial charge in [0.05, 0.1) is 0 Å². The maximum atomic E-state index is 11.3. The molecule has 0 bridgehead atoms. The first kappa shape index (κ1) is 14.0. The second kappa shape index (κ2) is 6.05. The minimum atomic E-state index is -0.479. The van der Waals surface area contributed by atoms with Gasteiger partial charge in [-0.05, 0) is 38.5 Å². The number of nitrogen functional groups attached to an aromatic ring is 1. The Hall–Kier alpha value is -2.04. The predicted octanol–water partition coefficient (Wildman–Crippen LogP) is 2.20. The van der Waals surface area contributed by atoms with Crippen molar-refractivity contribution in [1.82, 2.24) is 10.3 Å². The molecule has 0 spiro atoms. The van der Waals surface area contributed by atoms with Crippen LogP contribution in [0.1, 0.15) is 26.3 Å². The Morgan fingerprint density at radius 2 is 2.28 bits per heavy atom. The minimum Gasteiger partial charge on any atom is -0.444 e. The molecular formula is C13H19N3O2. The first-order valence-corrected chi connectivity index (χ1v) is 5.72. The first-order valence-electron chi connectivity index (χ1n) is 5.72. The van der Waals surface area contributed by atoms with Crippen molar-refractivity contribution in [3.8, 4) is 0 Å². The van der Waals surface area contributed by atoms with Crippen LogP contribution in [0.15, 0.2) is 24.4 Å². The molecule has 0 saturated heterocycles. The summed E-state index contributed by atoms with van der Waals surface area (Å²) >= 11 is 0. The van der Waals surface area contributed by atoms with Crippen LogP contribution in [0.3, 0.4) is 0 Å². The summed E-state index contributed by atoms with van der Waals surface area (Å²) in [7, 11) is 0. The third-order valence-corrected chi connectivity index (χ3v) is 1.88. The van der Waals surface area contributed by atoms with Crippen LogP contribution in [-0.4, -0.2) is 23.2 Å². The van der Waals surface area contributed by atoms with Gasteiger partial charge in [0.15, 0.2) is 0 Å². The van der Waals surface area contributed by atoms with Gasteiger partial charge in [-0.3, -0.25) is 0 Å². The van der Waals surface area contributed by atoms with Gasteiger partial charge >= 0.3 is 6.09 Å². The Balaban J connectivity index is 2.36. The highest BCUT2D eigenvalue weighted by Crippen LogP contribution is 2.06. The number of carbonyl (C=O) groups excluding carboxylic acids is 1. The number of anilines is 1. The van der Waals surface area contributed by atoms with Crippen molar-refractivity contribution >= 4 is 18.0 Å². The van der Waals surface area contributed by atoms with E-state index >= 15 is 0 Å². The molecule has 0 atom stereocenters. The van der Waals surface area contributed by atoms with Gasteiger partial charge in [-0.1, -0.05) is 12.2 Å². The number of nitrogens with two attached hydrogens (primary N) is 1. The molecule has 0 saturated carbocycles. The van der Waals surface area contributed by atoms with Crippen LogP contribution in [0.5, 0.6) is 0 Å². The Bertz CT molecular complexity index is 436. The van der Waals surface area contributed by atoms with Gasteiger partial charge in [0.25, 0.3) is 0 Å². The minimum absolute atomic E-state index is 0.400. The molecule has 3 N–H and O–H groups in total. The van der Waals surface area contributed by atoms with E-state index in [9.17, 15) is 4.79 Å². The molecule has 5 heteroatoms. The molecule has 1 amide bonds. The van der Waals surface area contributed by atoms with Gasteiger partial charge in [-0.2, -0.15) is 0 Å². The monoisotopic (exact) mass is 249 g/mol. The maximum absolute atomic E-state index is 11.3. The number of ether oxygens (including phenoxy) is 1. The zero-order valence-electron chi connectivity index (χ0n) is 10.9. The van der Waals surface area contributed by atoms with Crippen molar-refractivity contribution in [3.63, 3.8) is 0 Å². The lowest BCUT2D eigenvalue weighted by atomic mass is 10.2. The van der Waals surface area contributed by atoms with Crippen LogP contribution in [-0.2, 0) is 4.74 Å². The van der Waals surface area contributed by atoms with Gasteiger partial charge in [-0.25, -0.2) is 9.78 Å². The first-order chi connectivity index (χ1) is 8.37. The zero-order valence-corrected chi connectivity index (χ0v) is 10.9. The van der Waals surface area contributed by atoms with Gasteiger partial charge in [-0.15, -0.1) is 0 Å². The number of hydrogen-bond donors (Lipinski definition) is 2. The van der Waals surface area contributed by atoms with Gasteiger partial charge in [0.1, 0.15) is 11.4 Å². The lowest BCUT2D eigenvalue weighted by molar-refractivity contribution is 0.0534. The van der Waals surface area contributed by atoms with E-state index in [2.05, 4.69) is 10.3 Å². The molecule has 0 aliphatic heterocycles. The molecule has 1 heterocycles. The van der Waals surface area contributed by atoms with Crippen LogP contribution in [0.25, 0.3) is 6.08 Å². The molecule has 0 aliphatic rings. The molecule has 0 fully saturated rings. The normalized spacial score (nSPS) is 11.5. The zero-order chi connectivity index (χ0) is 13.6. The number of nitrogens with zero attached hydrogens (tertiary/aromatic N) is 1. The van der Waals surface area contributed by atoms with E-state index in [-0.39, 0.29) is 0 Å². The Morgan fingerprint density at radius 1 is 1.56 bits per heavy atom. The molecule has 1 rings (SSSR count). The van der Waals surface area contributed by atoms with Crippen molar-refractivity contribution in [2.24, 2.45) is 0 Å². The fraction of sp³-hybridized carbons (Fsp3) is 0.385.